The van der Waals surface area contributed by atoms with Crippen molar-refractivity contribution < 1.29 is 19.4 Å². The number of aromatic nitrogens is 1. The van der Waals surface area contributed by atoms with Gasteiger partial charge in [-0.1, -0.05) is 0 Å². The fourth-order valence-electron chi connectivity index (χ4n) is 2.67. The molecule has 3 rings (SSSR count). The third-order valence-electron chi connectivity index (χ3n) is 3.92. The number of aromatic amines is 1. The molecule has 0 aliphatic carbocycles. The van der Waals surface area contributed by atoms with Crippen molar-refractivity contribution in [3.63, 3.8) is 0 Å². The predicted molar refractivity (Wildman–Crippen MR) is 87.3 cm³/mol. The zero-order chi connectivity index (χ0) is 17.3. The molecule has 0 saturated heterocycles. The molecule has 0 spiro atoms. The van der Waals surface area contributed by atoms with Crippen molar-refractivity contribution in [1.82, 2.24) is 4.98 Å². The lowest BCUT2D eigenvalue weighted by Crippen LogP contribution is -2.50. The first-order chi connectivity index (χ1) is 11.4. The highest BCUT2D eigenvalue weighted by Gasteiger charge is 2.44. The van der Waals surface area contributed by atoms with Gasteiger partial charge in [0.1, 0.15) is 23.2 Å². The number of benzene rings is 1. The van der Waals surface area contributed by atoms with Gasteiger partial charge in [0.2, 0.25) is 6.41 Å². The molecule has 1 aliphatic rings. The normalized spacial score (nSPS) is 21.3. The second-order valence-electron chi connectivity index (χ2n) is 6.09. The molecule has 2 heterocycles. The molecule has 3 N–H and O–H groups in total. The van der Waals surface area contributed by atoms with Crippen molar-refractivity contribution in [1.29, 1.82) is 0 Å². The van der Waals surface area contributed by atoms with E-state index in [9.17, 15) is 14.7 Å². The lowest BCUT2D eigenvalue weighted by Gasteiger charge is -2.41. The van der Waals surface area contributed by atoms with E-state index in [1.165, 1.54) is 12.3 Å². The maximum absolute atomic E-state index is 11.5. The van der Waals surface area contributed by atoms with Gasteiger partial charge in [0, 0.05) is 23.5 Å². The zero-order valence-corrected chi connectivity index (χ0v) is 13.3. The topological polar surface area (TPSA) is 101 Å². The molecule has 0 radical (unpaired) electrons. The smallest absolute Gasteiger partial charge is 0.251 e. The molecule has 126 valence electrons. The monoisotopic (exact) mass is 330 g/mol. The SMILES string of the molecule is CC1(C)Oc2ccc(NC=O)cc2C(Oc2cc[nH]c(=O)c2)C1O. The van der Waals surface area contributed by atoms with Crippen molar-refractivity contribution in [2.45, 2.75) is 31.7 Å². The van der Waals surface area contributed by atoms with Crippen molar-refractivity contribution in [2.24, 2.45) is 0 Å². The molecule has 0 bridgehead atoms. The largest absolute Gasteiger partial charge is 0.485 e. The minimum Gasteiger partial charge on any atom is -0.485 e. The summed E-state index contributed by atoms with van der Waals surface area (Å²) in [5, 5.41) is 13.2. The van der Waals surface area contributed by atoms with Crippen LogP contribution in [0, 0.1) is 0 Å². The van der Waals surface area contributed by atoms with E-state index in [2.05, 4.69) is 10.3 Å². The Labute approximate surface area is 138 Å². The standard InChI is InChI=1S/C17H18N2O5/c1-17(2)16(22)15(23-11-5-6-18-14(21)8-11)12-7-10(19-9-20)3-4-13(12)24-17/h3-9,15-16,22H,1-2H3,(H,18,21)(H,19,20). The van der Waals surface area contributed by atoms with Crippen LogP contribution in [-0.2, 0) is 4.79 Å². The molecule has 7 heteroatoms. The van der Waals surface area contributed by atoms with Crippen LogP contribution in [0.25, 0.3) is 0 Å². The van der Waals surface area contributed by atoms with Crippen LogP contribution in [0.5, 0.6) is 11.5 Å². The summed E-state index contributed by atoms with van der Waals surface area (Å²) in [6.07, 6.45) is 0.313. The van der Waals surface area contributed by atoms with E-state index in [4.69, 9.17) is 9.47 Å². The van der Waals surface area contributed by atoms with E-state index >= 15 is 0 Å². The Kier molecular flexibility index (Phi) is 4.02. The van der Waals surface area contributed by atoms with Gasteiger partial charge >= 0.3 is 0 Å². The van der Waals surface area contributed by atoms with Gasteiger partial charge in [-0.2, -0.15) is 0 Å². The Bertz CT molecular complexity index is 815. The van der Waals surface area contributed by atoms with Gasteiger partial charge in [-0.3, -0.25) is 9.59 Å². The average Bonchev–Trinajstić information content (AvgIpc) is 2.53. The molecule has 1 aromatic heterocycles. The number of carbonyl (C=O) groups is 1. The molecular formula is C17H18N2O5. The van der Waals surface area contributed by atoms with Crippen molar-refractivity contribution >= 4 is 12.1 Å². The van der Waals surface area contributed by atoms with E-state index in [-0.39, 0.29) is 5.56 Å². The van der Waals surface area contributed by atoms with Gasteiger partial charge < -0.3 is 24.9 Å². The summed E-state index contributed by atoms with van der Waals surface area (Å²) >= 11 is 0. The molecule has 0 saturated carbocycles. The number of carbonyl (C=O) groups excluding carboxylic acids is 1. The number of pyridine rings is 1. The van der Waals surface area contributed by atoms with Crippen LogP contribution in [0.2, 0.25) is 0 Å². The first kappa shape index (κ1) is 16.1. The molecule has 1 aromatic carbocycles. The number of nitrogens with one attached hydrogen (secondary N) is 2. The highest BCUT2D eigenvalue weighted by atomic mass is 16.5. The molecule has 24 heavy (non-hydrogen) atoms. The number of anilines is 1. The van der Waals surface area contributed by atoms with Crippen LogP contribution < -0.4 is 20.3 Å². The summed E-state index contributed by atoms with van der Waals surface area (Å²) in [5.41, 5.74) is -0.0315. The molecule has 1 amide bonds. The Hall–Kier alpha value is -2.80. The molecule has 0 fully saturated rings. The Morgan fingerprint density at radius 2 is 2.12 bits per heavy atom. The summed E-state index contributed by atoms with van der Waals surface area (Å²) in [6, 6.07) is 8.00. The molecular weight excluding hydrogens is 312 g/mol. The van der Waals surface area contributed by atoms with E-state index in [0.717, 1.165) is 0 Å². The Balaban J connectivity index is 2.04. The number of aliphatic hydroxyl groups excluding tert-OH is 1. The summed E-state index contributed by atoms with van der Waals surface area (Å²) in [4.78, 5) is 24.6. The highest BCUT2D eigenvalue weighted by molar-refractivity contribution is 5.72. The summed E-state index contributed by atoms with van der Waals surface area (Å²) in [6.45, 7) is 3.51. The third-order valence-corrected chi connectivity index (χ3v) is 3.92. The lowest BCUT2D eigenvalue weighted by molar-refractivity contribution is -0.105. The summed E-state index contributed by atoms with van der Waals surface area (Å²) < 4.78 is 11.7. The number of aliphatic hydroxyl groups is 1. The Morgan fingerprint density at radius 1 is 1.33 bits per heavy atom. The number of ether oxygens (including phenoxy) is 2. The van der Waals surface area contributed by atoms with Gasteiger partial charge in [-0.15, -0.1) is 0 Å². The first-order valence-corrected chi connectivity index (χ1v) is 7.47. The maximum atomic E-state index is 11.5. The van der Waals surface area contributed by atoms with Crippen LogP contribution in [0.1, 0.15) is 25.5 Å². The molecule has 2 aromatic rings. The van der Waals surface area contributed by atoms with Gasteiger partial charge in [-0.05, 0) is 38.1 Å². The van der Waals surface area contributed by atoms with Crippen molar-refractivity contribution in [3.8, 4) is 11.5 Å². The quantitative estimate of drug-likeness (QED) is 0.739. The minimum absolute atomic E-state index is 0.301. The number of fused-ring (bicyclic) bond motifs is 1. The van der Waals surface area contributed by atoms with Crippen LogP contribution in [0.4, 0.5) is 5.69 Å². The van der Waals surface area contributed by atoms with E-state index < -0.39 is 17.8 Å². The van der Waals surface area contributed by atoms with Gasteiger partial charge in [-0.25, -0.2) is 0 Å². The minimum atomic E-state index is -0.976. The van der Waals surface area contributed by atoms with E-state index in [1.54, 1.807) is 38.1 Å². The van der Waals surface area contributed by atoms with Crippen LogP contribution >= 0.6 is 0 Å². The number of rotatable bonds is 4. The average molecular weight is 330 g/mol. The number of H-pyrrole nitrogens is 1. The first-order valence-electron chi connectivity index (χ1n) is 7.47. The van der Waals surface area contributed by atoms with Crippen LogP contribution in [0.3, 0.4) is 0 Å². The van der Waals surface area contributed by atoms with Crippen molar-refractivity contribution in [3.05, 3.63) is 52.4 Å². The zero-order valence-electron chi connectivity index (χ0n) is 13.3. The highest BCUT2D eigenvalue weighted by Crippen LogP contribution is 2.42. The van der Waals surface area contributed by atoms with Crippen molar-refractivity contribution in [2.75, 3.05) is 5.32 Å². The number of amides is 1. The third kappa shape index (κ3) is 2.98. The fourth-order valence-corrected chi connectivity index (χ4v) is 2.67. The van der Waals surface area contributed by atoms with Gasteiger partial charge in [0.05, 0.1) is 0 Å². The molecule has 2 atom stereocenters. The Morgan fingerprint density at radius 3 is 2.83 bits per heavy atom. The summed E-state index contributed by atoms with van der Waals surface area (Å²) in [5.74, 6) is 0.886. The van der Waals surface area contributed by atoms with E-state index in [1.807, 2.05) is 0 Å². The molecule has 7 nitrogen and oxygen atoms in total. The van der Waals surface area contributed by atoms with Gasteiger partial charge in [0.15, 0.2) is 6.10 Å². The van der Waals surface area contributed by atoms with Crippen LogP contribution in [-0.4, -0.2) is 28.2 Å². The summed E-state index contributed by atoms with van der Waals surface area (Å²) in [7, 11) is 0. The van der Waals surface area contributed by atoms with E-state index in [0.29, 0.717) is 29.2 Å². The maximum Gasteiger partial charge on any atom is 0.251 e. The van der Waals surface area contributed by atoms with Crippen LogP contribution in [0.15, 0.2) is 41.3 Å². The predicted octanol–water partition coefficient (Wildman–Crippen LogP) is 1.60. The molecule has 2 unspecified atom stereocenters. The number of hydrogen-bond acceptors (Lipinski definition) is 5. The molecule has 1 aliphatic heterocycles. The lowest BCUT2D eigenvalue weighted by atomic mass is 9.88. The number of hydrogen-bond donors (Lipinski definition) is 3. The fraction of sp³-hybridized carbons (Fsp3) is 0.294. The second kappa shape index (κ2) is 6.01. The van der Waals surface area contributed by atoms with Gasteiger partial charge in [0.25, 0.3) is 5.56 Å². The second-order valence-corrected chi connectivity index (χ2v) is 6.09.